The highest BCUT2D eigenvalue weighted by Gasteiger charge is 2.25. The van der Waals surface area contributed by atoms with Crippen molar-refractivity contribution in [3.8, 4) is 22.6 Å². The maximum atomic E-state index is 10.1. The lowest BCUT2D eigenvalue weighted by atomic mass is 9.96. The first kappa shape index (κ1) is 15.2. The number of nitrogens with zero attached hydrogens (tertiary/aromatic N) is 1. The van der Waals surface area contributed by atoms with Crippen LogP contribution in [0.4, 0.5) is 11.4 Å². The van der Waals surface area contributed by atoms with Crippen LogP contribution in [0.1, 0.15) is 11.1 Å². The third kappa shape index (κ3) is 2.16. The summed E-state index contributed by atoms with van der Waals surface area (Å²) in [4.78, 5) is 4.40. The van der Waals surface area contributed by atoms with E-state index in [4.69, 9.17) is 5.73 Å². The van der Waals surface area contributed by atoms with Crippen LogP contribution in [-0.2, 0) is 0 Å². The second-order valence-electron chi connectivity index (χ2n) is 5.13. The van der Waals surface area contributed by atoms with Crippen molar-refractivity contribution in [1.29, 1.82) is 0 Å². The van der Waals surface area contributed by atoms with Crippen molar-refractivity contribution < 1.29 is 10.2 Å². The molecule has 0 saturated carbocycles. The number of fused-ring (bicyclic) bond motifs is 3. The van der Waals surface area contributed by atoms with Crippen molar-refractivity contribution in [3.63, 3.8) is 0 Å². The summed E-state index contributed by atoms with van der Waals surface area (Å²) < 4.78 is 1.10. The third-order valence-electron chi connectivity index (χ3n) is 3.64. The fourth-order valence-corrected chi connectivity index (χ4v) is 3.40. The van der Waals surface area contributed by atoms with E-state index in [2.05, 4.69) is 42.2 Å². The molecule has 5 N–H and O–H groups in total. The van der Waals surface area contributed by atoms with Crippen LogP contribution >= 0.6 is 31.9 Å². The van der Waals surface area contributed by atoms with Crippen molar-refractivity contribution in [2.45, 2.75) is 13.8 Å². The van der Waals surface area contributed by atoms with Crippen molar-refractivity contribution >= 4 is 49.2 Å². The quantitative estimate of drug-likeness (QED) is 0.473. The first-order chi connectivity index (χ1) is 10.3. The first-order valence-corrected chi connectivity index (χ1v) is 8.05. The molecular weight excluding hydrogens is 414 g/mol. The smallest absolute Gasteiger partial charge is 0.198 e. The van der Waals surface area contributed by atoms with Gasteiger partial charge in [0, 0.05) is 11.1 Å². The van der Waals surface area contributed by atoms with Crippen LogP contribution in [0.25, 0.3) is 11.1 Å². The van der Waals surface area contributed by atoms with Crippen molar-refractivity contribution in [2.75, 3.05) is 5.32 Å². The number of halogens is 2. The van der Waals surface area contributed by atoms with Gasteiger partial charge in [0.1, 0.15) is 11.5 Å². The number of aryl methyl sites for hydroxylation is 1. The average Bonchev–Trinajstić information content (AvgIpc) is 2.60. The van der Waals surface area contributed by atoms with Crippen molar-refractivity contribution in [2.24, 2.45) is 10.7 Å². The highest BCUT2D eigenvalue weighted by Crippen LogP contribution is 2.50. The molecule has 2 aromatic rings. The zero-order chi connectivity index (χ0) is 16.2. The Morgan fingerprint density at radius 1 is 1.09 bits per heavy atom. The van der Waals surface area contributed by atoms with Gasteiger partial charge in [-0.1, -0.05) is 0 Å². The molecule has 7 heteroatoms. The number of benzene rings is 2. The van der Waals surface area contributed by atoms with E-state index in [-0.39, 0.29) is 17.5 Å². The lowest BCUT2D eigenvalue weighted by Gasteiger charge is -2.17. The molecule has 0 aliphatic carbocycles. The van der Waals surface area contributed by atoms with Crippen LogP contribution < -0.4 is 11.1 Å². The summed E-state index contributed by atoms with van der Waals surface area (Å²) >= 11 is 6.77. The Morgan fingerprint density at radius 3 is 2.41 bits per heavy atom. The number of aromatic hydroxyl groups is 2. The largest absolute Gasteiger partial charge is 0.507 e. The number of nitrogens with two attached hydrogens (primary N) is 1. The maximum Gasteiger partial charge on any atom is 0.198 e. The highest BCUT2D eigenvalue weighted by atomic mass is 79.9. The zero-order valence-corrected chi connectivity index (χ0v) is 15.0. The number of nitrogens with one attached hydrogen (secondary N) is 1. The van der Waals surface area contributed by atoms with E-state index in [0.717, 1.165) is 16.8 Å². The molecule has 114 valence electrons. The molecule has 0 unspecified atom stereocenters. The molecular formula is C15H13Br2N3O2. The van der Waals surface area contributed by atoms with E-state index < -0.39 is 0 Å². The van der Waals surface area contributed by atoms with E-state index in [1.54, 1.807) is 12.1 Å². The normalized spacial score (nSPS) is 12.8. The molecule has 1 aliphatic rings. The molecule has 0 saturated heterocycles. The number of anilines is 1. The van der Waals surface area contributed by atoms with Crippen LogP contribution in [0.15, 0.2) is 26.1 Å². The van der Waals surface area contributed by atoms with Gasteiger partial charge >= 0.3 is 0 Å². The Labute approximate surface area is 144 Å². The van der Waals surface area contributed by atoms with Gasteiger partial charge in [-0.25, -0.2) is 4.99 Å². The molecule has 0 bridgehead atoms. The minimum Gasteiger partial charge on any atom is -0.507 e. The summed E-state index contributed by atoms with van der Waals surface area (Å²) in [5.41, 5.74) is 10.3. The highest BCUT2D eigenvalue weighted by molar-refractivity contribution is 9.11. The van der Waals surface area contributed by atoms with Gasteiger partial charge in [-0.15, -0.1) is 0 Å². The van der Waals surface area contributed by atoms with Crippen molar-refractivity contribution in [1.82, 2.24) is 0 Å². The van der Waals surface area contributed by atoms with Crippen LogP contribution in [0.3, 0.4) is 0 Å². The van der Waals surface area contributed by atoms with Gasteiger partial charge in [-0.2, -0.15) is 0 Å². The van der Waals surface area contributed by atoms with Gasteiger partial charge in [0.2, 0.25) is 0 Å². The summed E-state index contributed by atoms with van der Waals surface area (Å²) in [6.45, 7) is 3.70. The fourth-order valence-electron chi connectivity index (χ4n) is 2.57. The lowest BCUT2D eigenvalue weighted by Crippen LogP contribution is -2.22. The van der Waals surface area contributed by atoms with Crippen molar-refractivity contribution in [3.05, 3.63) is 32.2 Å². The molecule has 2 aromatic carbocycles. The SMILES string of the molecule is Cc1cc(O)c(Br)c2c1N=C(N)Nc1c-2cc(O)c(Br)c1C. The number of hydrogen-bond donors (Lipinski definition) is 4. The number of aliphatic imine (C=N–C) groups is 1. The maximum absolute atomic E-state index is 10.1. The van der Waals surface area contributed by atoms with Gasteiger partial charge in [-0.05, 0) is 69.0 Å². The fraction of sp³-hybridized carbons (Fsp3) is 0.133. The minimum atomic E-state index is 0.109. The van der Waals surface area contributed by atoms with Gasteiger partial charge in [-0.3, -0.25) is 0 Å². The van der Waals surface area contributed by atoms with E-state index in [0.29, 0.717) is 25.8 Å². The van der Waals surface area contributed by atoms with E-state index >= 15 is 0 Å². The third-order valence-corrected chi connectivity index (χ3v) is 5.45. The van der Waals surface area contributed by atoms with Gasteiger partial charge < -0.3 is 21.3 Å². The summed E-state index contributed by atoms with van der Waals surface area (Å²) in [5.74, 6) is 0.469. The average molecular weight is 427 g/mol. The first-order valence-electron chi connectivity index (χ1n) is 6.47. The predicted molar refractivity (Wildman–Crippen MR) is 95.0 cm³/mol. The number of hydrogen-bond acceptors (Lipinski definition) is 5. The van der Waals surface area contributed by atoms with Gasteiger partial charge in [0.25, 0.3) is 0 Å². The number of phenolic OH excluding ortho intramolecular Hbond substituents is 2. The molecule has 1 aliphatic heterocycles. The van der Waals surface area contributed by atoms with E-state index in [1.807, 2.05) is 13.8 Å². The molecule has 1 heterocycles. The van der Waals surface area contributed by atoms with Crippen LogP contribution in [0.5, 0.6) is 11.5 Å². The summed E-state index contributed by atoms with van der Waals surface area (Å²) in [5, 5.41) is 23.3. The van der Waals surface area contributed by atoms with Crippen LogP contribution in [-0.4, -0.2) is 16.2 Å². The number of rotatable bonds is 0. The van der Waals surface area contributed by atoms with Gasteiger partial charge in [0.15, 0.2) is 5.96 Å². The molecule has 0 fully saturated rings. The Kier molecular flexibility index (Phi) is 3.57. The topological polar surface area (TPSA) is 90.9 Å². The standard InChI is InChI=1S/C15H13Br2N3O2/c1-5-3-8(21)12(17)10-7-4-9(22)11(16)6(2)14(7)20-15(18)19-13(5)10/h3-4,21-22H,1-2H3,(H3,18,19,20). The van der Waals surface area contributed by atoms with Gasteiger partial charge in [0.05, 0.1) is 20.3 Å². The van der Waals surface area contributed by atoms with Crippen LogP contribution in [0.2, 0.25) is 0 Å². The Bertz CT molecular complexity index is 848. The number of guanidine groups is 1. The molecule has 0 spiro atoms. The molecule has 22 heavy (non-hydrogen) atoms. The minimum absolute atomic E-state index is 0.109. The van der Waals surface area contributed by atoms with E-state index in [1.165, 1.54) is 0 Å². The second-order valence-corrected chi connectivity index (χ2v) is 6.72. The molecule has 5 nitrogen and oxygen atoms in total. The van der Waals surface area contributed by atoms with E-state index in [9.17, 15) is 10.2 Å². The Morgan fingerprint density at radius 2 is 1.73 bits per heavy atom. The Hall–Kier alpha value is -1.73. The molecule has 0 amide bonds. The molecule has 0 atom stereocenters. The summed E-state index contributed by atoms with van der Waals surface area (Å²) in [6, 6.07) is 3.24. The summed E-state index contributed by atoms with van der Waals surface area (Å²) in [7, 11) is 0. The molecule has 0 aromatic heterocycles. The number of phenols is 2. The second kappa shape index (κ2) is 5.17. The lowest BCUT2D eigenvalue weighted by molar-refractivity contribution is 0.470. The monoisotopic (exact) mass is 425 g/mol. The Balaban J connectivity index is 2.51. The van der Waals surface area contributed by atoms with Crippen LogP contribution in [0, 0.1) is 13.8 Å². The molecule has 0 radical (unpaired) electrons. The molecule has 3 rings (SSSR count). The summed E-state index contributed by atoms with van der Waals surface area (Å²) in [6.07, 6.45) is 0. The predicted octanol–water partition coefficient (Wildman–Crippen LogP) is 4.28. The zero-order valence-electron chi connectivity index (χ0n) is 11.8.